The first-order valence-corrected chi connectivity index (χ1v) is 9.54. The van der Waals surface area contributed by atoms with Crippen molar-refractivity contribution in [2.24, 2.45) is 0 Å². The number of aromatic nitrogens is 3. The van der Waals surface area contributed by atoms with Gasteiger partial charge in [0.15, 0.2) is 0 Å². The van der Waals surface area contributed by atoms with Crippen LogP contribution in [-0.2, 0) is 0 Å². The Morgan fingerprint density at radius 1 is 1.03 bits per heavy atom. The van der Waals surface area contributed by atoms with E-state index in [9.17, 15) is 10.1 Å². The Labute approximate surface area is 173 Å². The van der Waals surface area contributed by atoms with Gasteiger partial charge < -0.3 is 10.2 Å². The number of aryl methyl sites for hydroxylation is 1. The van der Waals surface area contributed by atoms with E-state index in [0.717, 1.165) is 22.3 Å². The minimum absolute atomic E-state index is 0.132. The number of pyridine rings is 1. The molecule has 1 N–H and O–H groups in total. The van der Waals surface area contributed by atoms with Gasteiger partial charge in [0.1, 0.15) is 6.33 Å². The Morgan fingerprint density at radius 2 is 1.83 bits per heavy atom. The fraction of sp³-hybridized carbons (Fsp3) is 0.136. The number of benzene rings is 2. The van der Waals surface area contributed by atoms with Gasteiger partial charge in [-0.3, -0.25) is 15.1 Å². The van der Waals surface area contributed by atoms with Crippen LogP contribution < -0.4 is 10.2 Å². The second-order valence-electron chi connectivity index (χ2n) is 6.68. The van der Waals surface area contributed by atoms with Crippen LogP contribution in [0.25, 0.3) is 10.9 Å². The highest BCUT2D eigenvalue weighted by Gasteiger charge is 2.27. The third-order valence-corrected chi connectivity index (χ3v) is 4.75. The molecule has 0 unspecified atom stereocenters. The third-order valence-electron chi connectivity index (χ3n) is 4.75. The van der Waals surface area contributed by atoms with E-state index in [1.165, 1.54) is 6.33 Å². The number of fused-ring (bicyclic) bond motifs is 1. The molecule has 0 fully saturated rings. The summed E-state index contributed by atoms with van der Waals surface area (Å²) in [5.41, 5.74) is 3.03. The molecule has 4 aromatic rings. The minimum Gasteiger partial charge on any atom is -0.334 e. The predicted molar refractivity (Wildman–Crippen MR) is 118 cm³/mol. The standard InChI is InChI=1S/C22H20N6O2/c1-3-27(16-8-5-4-6-9-16)22-20(28(29)30)21(23-14-24-22)26-19-11-7-10-18-17(19)13-12-15(2)25-18/h4-14H,3H2,1-2H3,(H,23,24,26). The van der Waals surface area contributed by atoms with Gasteiger partial charge in [-0.2, -0.15) is 0 Å². The predicted octanol–water partition coefficient (Wildman–Crippen LogP) is 5.14. The molecule has 0 aliphatic carbocycles. The van der Waals surface area contributed by atoms with Crippen LogP contribution in [0.1, 0.15) is 12.6 Å². The minimum atomic E-state index is -0.448. The topological polar surface area (TPSA) is 97.1 Å². The molecular formula is C22H20N6O2. The summed E-state index contributed by atoms with van der Waals surface area (Å²) in [6.07, 6.45) is 1.34. The van der Waals surface area contributed by atoms with E-state index in [-0.39, 0.29) is 17.3 Å². The van der Waals surface area contributed by atoms with Crippen molar-refractivity contribution in [1.82, 2.24) is 15.0 Å². The average Bonchev–Trinajstić information content (AvgIpc) is 2.75. The molecule has 2 heterocycles. The number of rotatable bonds is 6. The quantitative estimate of drug-likeness (QED) is 0.353. The number of anilines is 4. The lowest BCUT2D eigenvalue weighted by Gasteiger charge is -2.22. The molecule has 0 saturated heterocycles. The van der Waals surface area contributed by atoms with Crippen molar-refractivity contribution in [1.29, 1.82) is 0 Å². The Bertz CT molecular complexity index is 1210. The van der Waals surface area contributed by atoms with Crippen molar-refractivity contribution < 1.29 is 4.92 Å². The second kappa shape index (κ2) is 8.12. The largest absolute Gasteiger partial charge is 0.354 e. The number of nitro groups is 1. The molecule has 4 rings (SSSR count). The van der Waals surface area contributed by atoms with E-state index >= 15 is 0 Å². The van der Waals surface area contributed by atoms with Gasteiger partial charge in [-0.05, 0) is 50.2 Å². The van der Waals surface area contributed by atoms with E-state index in [4.69, 9.17) is 0 Å². The van der Waals surface area contributed by atoms with Crippen LogP contribution in [-0.4, -0.2) is 26.4 Å². The first kappa shape index (κ1) is 19.3. The van der Waals surface area contributed by atoms with Crippen LogP contribution in [0, 0.1) is 17.0 Å². The highest BCUT2D eigenvalue weighted by Crippen LogP contribution is 2.37. The van der Waals surface area contributed by atoms with Crippen molar-refractivity contribution in [3.8, 4) is 0 Å². The van der Waals surface area contributed by atoms with Crippen LogP contribution >= 0.6 is 0 Å². The Kier molecular flexibility index (Phi) is 5.21. The lowest BCUT2D eigenvalue weighted by molar-refractivity contribution is -0.383. The molecule has 2 aromatic carbocycles. The van der Waals surface area contributed by atoms with Gasteiger partial charge in [-0.25, -0.2) is 9.97 Å². The molecule has 150 valence electrons. The Hall–Kier alpha value is -4.07. The summed E-state index contributed by atoms with van der Waals surface area (Å²) in [5.74, 6) is 0.368. The average molecular weight is 400 g/mol. The van der Waals surface area contributed by atoms with Crippen molar-refractivity contribution in [3.63, 3.8) is 0 Å². The smallest absolute Gasteiger partial charge is 0.334 e. The highest BCUT2D eigenvalue weighted by molar-refractivity contribution is 5.94. The van der Waals surface area contributed by atoms with Gasteiger partial charge in [-0.15, -0.1) is 0 Å². The van der Waals surface area contributed by atoms with Crippen molar-refractivity contribution >= 4 is 39.6 Å². The highest BCUT2D eigenvalue weighted by atomic mass is 16.6. The van der Waals surface area contributed by atoms with Crippen LogP contribution in [0.15, 0.2) is 67.0 Å². The van der Waals surface area contributed by atoms with Gasteiger partial charge in [0.25, 0.3) is 0 Å². The van der Waals surface area contributed by atoms with E-state index in [1.807, 2.05) is 74.5 Å². The normalized spacial score (nSPS) is 10.7. The summed E-state index contributed by atoms with van der Waals surface area (Å²) in [6, 6.07) is 18.9. The molecule has 30 heavy (non-hydrogen) atoms. The van der Waals surface area contributed by atoms with Crippen molar-refractivity contribution in [2.75, 3.05) is 16.8 Å². The molecular weight excluding hydrogens is 380 g/mol. The summed E-state index contributed by atoms with van der Waals surface area (Å²) in [7, 11) is 0. The van der Waals surface area contributed by atoms with Gasteiger partial charge in [0.2, 0.25) is 11.6 Å². The zero-order valence-corrected chi connectivity index (χ0v) is 16.6. The molecule has 0 aliphatic heterocycles. The first-order chi connectivity index (χ1) is 14.6. The molecule has 0 saturated carbocycles. The molecule has 0 atom stereocenters. The van der Waals surface area contributed by atoms with E-state index < -0.39 is 4.92 Å². The third kappa shape index (κ3) is 3.62. The maximum absolute atomic E-state index is 12.0. The number of hydrogen-bond donors (Lipinski definition) is 1. The molecule has 0 radical (unpaired) electrons. The summed E-state index contributed by atoms with van der Waals surface area (Å²) < 4.78 is 0. The Morgan fingerprint density at radius 3 is 2.57 bits per heavy atom. The lowest BCUT2D eigenvalue weighted by atomic mass is 10.1. The number of nitrogens with one attached hydrogen (secondary N) is 1. The summed E-state index contributed by atoms with van der Waals surface area (Å²) in [4.78, 5) is 26.3. The van der Waals surface area contributed by atoms with Crippen LogP contribution in [0.5, 0.6) is 0 Å². The molecule has 0 aliphatic rings. The number of para-hydroxylation sites is 1. The first-order valence-electron chi connectivity index (χ1n) is 9.54. The zero-order valence-electron chi connectivity index (χ0n) is 16.6. The molecule has 8 heteroatoms. The van der Waals surface area contributed by atoms with Crippen LogP contribution in [0.2, 0.25) is 0 Å². The lowest BCUT2D eigenvalue weighted by Crippen LogP contribution is -2.19. The number of hydrogen-bond acceptors (Lipinski definition) is 7. The Balaban J connectivity index is 1.82. The summed E-state index contributed by atoms with van der Waals surface area (Å²) in [5, 5.41) is 16.0. The molecule has 2 aromatic heterocycles. The monoisotopic (exact) mass is 400 g/mol. The van der Waals surface area contributed by atoms with Crippen LogP contribution in [0.4, 0.5) is 28.7 Å². The summed E-state index contributed by atoms with van der Waals surface area (Å²) in [6.45, 7) is 4.35. The molecule has 8 nitrogen and oxygen atoms in total. The maximum Gasteiger partial charge on any atom is 0.354 e. The maximum atomic E-state index is 12.0. The molecule has 0 spiro atoms. The SMILES string of the molecule is CCN(c1ccccc1)c1ncnc(Nc2cccc3nc(C)ccc23)c1[N+](=O)[O-]. The second-order valence-corrected chi connectivity index (χ2v) is 6.68. The molecule has 0 amide bonds. The molecule has 0 bridgehead atoms. The van der Waals surface area contributed by atoms with E-state index in [1.54, 1.807) is 4.90 Å². The van der Waals surface area contributed by atoms with Crippen LogP contribution in [0.3, 0.4) is 0 Å². The van der Waals surface area contributed by atoms with E-state index in [0.29, 0.717) is 12.2 Å². The van der Waals surface area contributed by atoms with Gasteiger partial charge in [-0.1, -0.05) is 24.3 Å². The van der Waals surface area contributed by atoms with E-state index in [2.05, 4.69) is 20.3 Å². The van der Waals surface area contributed by atoms with Crippen molar-refractivity contribution in [2.45, 2.75) is 13.8 Å². The van der Waals surface area contributed by atoms with Crippen molar-refractivity contribution in [3.05, 3.63) is 82.8 Å². The fourth-order valence-electron chi connectivity index (χ4n) is 3.38. The van der Waals surface area contributed by atoms with Gasteiger partial charge >= 0.3 is 5.69 Å². The number of nitrogens with zero attached hydrogens (tertiary/aromatic N) is 5. The zero-order chi connectivity index (χ0) is 21.1. The van der Waals surface area contributed by atoms with Gasteiger partial charge in [0, 0.05) is 29.0 Å². The summed E-state index contributed by atoms with van der Waals surface area (Å²) >= 11 is 0. The van der Waals surface area contributed by atoms with Gasteiger partial charge in [0.05, 0.1) is 10.4 Å². The fourth-order valence-corrected chi connectivity index (χ4v) is 3.38.